The molecule has 0 amide bonds. The highest BCUT2D eigenvalue weighted by Gasteiger charge is 2.15. The summed E-state index contributed by atoms with van der Waals surface area (Å²) in [6.07, 6.45) is 0.939. The van der Waals surface area contributed by atoms with Crippen molar-refractivity contribution in [2.45, 2.75) is 26.3 Å². The average Bonchev–Trinajstić information content (AvgIpc) is 2.95. The molecule has 5 heteroatoms. The van der Waals surface area contributed by atoms with E-state index in [1.54, 1.807) is 11.3 Å². The summed E-state index contributed by atoms with van der Waals surface area (Å²) in [4.78, 5) is 8.96. The van der Waals surface area contributed by atoms with Gasteiger partial charge in [0.15, 0.2) is 5.65 Å². The summed E-state index contributed by atoms with van der Waals surface area (Å²) in [6, 6.07) is 6.33. The lowest BCUT2D eigenvalue weighted by Crippen LogP contribution is -2.11. The molecule has 3 heterocycles. The standard InChI is InChI=1S/C14H16N4S/c1-9-3-4-12-13(16-9)18(14(15)17-12)10(2)7-11-5-6-19-8-11/h3-6,8,10H,7H2,1-2H3,(H2,15,17). The van der Waals surface area contributed by atoms with Crippen LogP contribution in [-0.4, -0.2) is 14.5 Å². The predicted molar refractivity (Wildman–Crippen MR) is 79.4 cm³/mol. The number of nitrogens with two attached hydrogens (primary N) is 1. The van der Waals surface area contributed by atoms with Crippen LogP contribution in [0.1, 0.15) is 24.2 Å². The van der Waals surface area contributed by atoms with Gasteiger partial charge in [0.1, 0.15) is 5.52 Å². The summed E-state index contributed by atoms with van der Waals surface area (Å²) >= 11 is 1.72. The summed E-state index contributed by atoms with van der Waals surface area (Å²) in [5.74, 6) is 0.538. The SMILES string of the molecule is Cc1ccc2nc(N)n(C(C)Cc3ccsc3)c2n1. The van der Waals surface area contributed by atoms with Crippen LogP contribution in [0.3, 0.4) is 0 Å². The highest BCUT2D eigenvalue weighted by atomic mass is 32.1. The second-order valence-corrected chi connectivity index (χ2v) is 5.60. The number of nitrogen functional groups attached to an aromatic ring is 1. The molecule has 0 saturated heterocycles. The average molecular weight is 272 g/mol. The Labute approximate surface area is 115 Å². The van der Waals surface area contributed by atoms with E-state index in [1.165, 1.54) is 5.56 Å². The zero-order valence-electron chi connectivity index (χ0n) is 11.0. The maximum absolute atomic E-state index is 6.05. The molecule has 0 bridgehead atoms. The Morgan fingerprint density at radius 1 is 1.32 bits per heavy atom. The molecule has 19 heavy (non-hydrogen) atoms. The van der Waals surface area contributed by atoms with Gasteiger partial charge in [0.25, 0.3) is 0 Å². The number of hydrogen-bond donors (Lipinski definition) is 1. The summed E-state index contributed by atoms with van der Waals surface area (Å²) in [6.45, 7) is 4.13. The van der Waals surface area contributed by atoms with E-state index < -0.39 is 0 Å². The number of fused-ring (bicyclic) bond motifs is 1. The van der Waals surface area contributed by atoms with Gasteiger partial charge in [-0.15, -0.1) is 0 Å². The maximum atomic E-state index is 6.05. The first-order valence-electron chi connectivity index (χ1n) is 6.27. The van der Waals surface area contributed by atoms with Crippen LogP contribution in [0.15, 0.2) is 29.0 Å². The van der Waals surface area contributed by atoms with Crippen molar-refractivity contribution >= 4 is 28.4 Å². The van der Waals surface area contributed by atoms with Crippen LogP contribution in [0.25, 0.3) is 11.2 Å². The number of pyridine rings is 1. The van der Waals surface area contributed by atoms with Gasteiger partial charge < -0.3 is 5.73 Å². The van der Waals surface area contributed by atoms with E-state index in [0.717, 1.165) is 23.3 Å². The zero-order valence-corrected chi connectivity index (χ0v) is 11.8. The van der Waals surface area contributed by atoms with Crippen molar-refractivity contribution in [3.8, 4) is 0 Å². The monoisotopic (exact) mass is 272 g/mol. The van der Waals surface area contributed by atoms with Gasteiger partial charge in [0.2, 0.25) is 5.95 Å². The third-order valence-corrected chi connectivity index (χ3v) is 3.99. The van der Waals surface area contributed by atoms with Crippen molar-refractivity contribution in [3.63, 3.8) is 0 Å². The lowest BCUT2D eigenvalue weighted by molar-refractivity contribution is 0.563. The van der Waals surface area contributed by atoms with Gasteiger partial charge in [-0.3, -0.25) is 4.57 Å². The molecule has 0 saturated carbocycles. The number of imidazole rings is 1. The smallest absolute Gasteiger partial charge is 0.202 e. The molecule has 1 unspecified atom stereocenters. The van der Waals surface area contributed by atoms with E-state index in [-0.39, 0.29) is 6.04 Å². The first-order valence-corrected chi connectivity index (χ1v) is 7.21. The number of rotatable bonds is 3. The Morgan fingerprint density at radius 2 is 2.16 bits per heavy atom. The molecule has 0 fully saturated rings. The Bertz CT molecular complexity index is 700. The molecule has 0 aromatic carbocycles. The first kappa shape index (κ1) is 12.2. The lowest BCUT2D eigenvalue weighted by Gasteiger charge is -2.14. The fourth-order valence-corrected chi connectivity index (χ4v) is 3.04. The highest BCUT2D eigenvalue weighted by molar-refractivity contribution is 7.07. The predicted octanol–water partition coefficient (Wildman–Crippen LogP) is 3.19. The van der Waals surface area contributed by atoms with Crippen molar-refractivity contribution in [1.29, 1.82) is 0 Å². The van der Waals surface area contributed by atoms with E-state index in [9.17, 15) is 0 Å². The van der Waals surface area contributed by atoms with Gasteiger partial charge in [-0.05, 0) is 54.8 Å². The normalized spacial score (nSPS) is 12.9. The van der Waals surface area contributed by atoms with Crippen LogP contribution in [0, 0.1) is 6.92 Å². The van der Waals surface area contributed by atoms with E-state index in [1.807, 2.05) is 23.6 Å². The number of hydrogen-bond acceptors (Lipinski definition) is 4. The van der Waals surface area contributed by atoms with Crippen molar-refractivity contribution < 1.29 is 0 Å². The van der Waals surface area contributed by atoms with Gasteiger partial charge in [-0.25, -0.2) is 9.97 Å². The summed E-state index contributed by atoms with van der Waals surface area (Å²) in [5, 5.41) is 4.27. The molecule has 98 valence electrons. The van der Waals surface area contributed by atoms with Crippen LogP contribution >= 0.6 is 11.3 Å². The molecule has 0 aliphatic carbocycles. The molecule has 3 rings (SSSR count). The van der Waals surface area contributed by atoms with E-state index in [4.69, 9.17) is 5.73 Å². The Morgan fingerprint density at radius 3 is 2.89 bits per heavy atom. The summed E-state index contributed by atoms with van der Waals surface area (Å²) in [5.41, 5.74) is 10.1. The number of aromatic nitrogens is 3. The quantitative estimate of drug-likeness (QED) is 0.796. The van der Waals surface area contributed by atoms with Crippen LogP contribution < -0.4 is 5.73 Å². The first-order chi connectivity index (χ1) is 9.15. The van der Waals surface area contributed by atoms with Crippen LogP contribution in [0.5, 0.6) is 0 Å². The minimum absolute atomic E-state index is 0.244. The van der Waals surface area contributed by atoms with E-state index >= 15 is 0 Å². The topological polar surface area (TPSA) is 56.7 Å². The number of thiophene rings is 1. The van der Waals surface area contributed by atoms with Crippen molar-refractivity contribution in [3.05, 3.63) is 40.2 Å². The van der Waals surface area contributed by atoms with Crippen molar-refractivity contribution in [1.82, 2.24) is 14.5 Å². The van der Waals surface area contributed by atoms with Gasteiger partial charge in [-0.2, -0.15) is 11.3 Å². The molecule has 0 aliphatic heterocycles. The largest absolute Gasteiger partial charge is 0.369 e. The molecule has 0 spiro atoms. The lowest BCUT2D eigenvalue weighted by atomic mass is 10.1. The zero-order chi connectivity index (χ0) is 13.4. The van der Waals surface area contributed by atoms with Gasteiger partial charge in [0.05, 0.1) is 0 Å². The van der Waals surface area contributed by atoms with Gasteiger partial charge >= 0.3 is 0 Å². The van der Waals surface area contributed by atoms with Gasteiger partial charge in [-0.1, -0.05) is 0 Å². The Balaban J connectivity index is 2.03. The molecule has 2 N–H and O–H groups in total. The summed E-state index contributed by atoms with van der Waals surface area (Å²) in [7, 11) is 0. The molecule has 4 nitrogen and oxygen atoms in total. The molecule has 0 radical (unpaired) electrons. The third kappa shape index (κ3) is 2.21. The molecule has 3 aromatic rings. The molecule has 1 atom stereocenters. The molecule has 3 aromatic heterocycles. The Kier molecular flexibility index (Phi) is 2.98. The minimum Gasteiger partial charge on any atom is -0.369 e. The van der Waals surface area contributed by atoms with Crippen LogP contribution in [0.2, 0.25) is 0 Å². The maximum Gasteiger partial charge on any atom is 0.202 e. The second kappa shape index (κ2) is 4.66. The van der Waals surface area contributed by atoms with Gasteiger partial charge in [0, 0.05) is 11.7 Å². The second-order valence-electron chi connectivity index (χ2n) is 4.82. The van der Waals surface area contributed by atoms with E-state index in [2.05, 4.69) is 33.7 Å². The van der Waals surface area contributed by atoms with E-state index in [0.29, 0.717) is 5.95 Å². The third-order valence-electron chi connectivity index (χ3n) is 3.26. The fourth-order valence-electron chi connectivity index (χ4n) is 2.36. The summed E-state index contributed by atoms with van der Waals surface area (Å²) < 4.78 is 2.03. The fraction of sp³-hybridized carbons (Fsp3) is 0.286. The van der Waals surface area contributed by atoms with Crippen molar-refractivity contribution in [2.75, 3.05) is 5.73 Å². The molecular formula is C14H16N4S. The molecule has 0 aliphatic rings. The number of anilines is 1. The number of nitrogens with zero attached hydrogens (tertiary/aromatic N) is 3. The minimum atomic E-state index is 0.244. The van der Waals surface area contributed by atoms with Crippen molar-refractivity contribution in [2.24, 2.45) is 0 Å². The number of aryl methyl sites for hydroxylation is 1. The molecular weight excluding hydrogens is 256 g/mol. The highest BCUT2D eigenvalue weighted by Crippen LogP contribution is 2.24. The van der Waals surface area contributed by atoms with Crippen LogP contribution in [0.4, 0.5) is 5.95 Å². The Hall–Kier alpha value is -1.88. The van der Waals surface area contributed by atoms with Crippen LogP contribution in [-0.2, 0) is 6.42 Å².